The number of rotatable bonds is 5. The minimum Gasteiger partial charge on any atom is -0.369 e. The summed E-state index contributed by atoms with van der Waals surface area (Å²) >= 11 is 0. The number of carbonyl (C=O) groups excluding carboxylic acids is 1. The first-order chi connectivity index (χ1) is 13.6. The number of hydrogen-bond acceptors (Lipinski definition) is 6. The monoisotopic (exact) mass is 383 g/mol. The molecule has 144 valence electrons. The normalized spacial score (nSPS) is 16.2. The molecule has 1 saturated heterocycles. The summed E-state index contributed by atoms with van der Waals surface area (Å²) in [7, 11) is 0. The highest BCUT2D eigenvalue weighted by atomic mass is 19.1. The van der Waals surface area contributed by atoms with Gasteiger partial charge in [-0.3, -0.25) is 19.8 Å². The van der Waals surface area contributed by atoms with Crippen molar-refractivity contribution in [1.82, 2.24) is 14.7 Å². The molecule has 1 aliphatic heterocycles. The van der Waals surface area contributed by atoms with Crippen LogP contribution in [0.15, 0.2) is 48.7 Å². The maximum Gasteiger partial charge on any atom is 0.295 e. The fourth-order valence-electron chi connectivity index (χ4n) is 3.63. The molecule has 0 saturated carbocycles. The first-order valence-corrected chi connectivity index (χ1v) is 8.89. The van der Waals surface area contributed by atoms with Gasteiger partial charge in [-0.1, -0.05) is 12.1 Å². The van der Waals surface area contributed by atoms with Crippen molar-refractivity contribution in [3.05, 3.63) is 64.6 Å². The van der Waals surface area contributed by atoms with Crippen LogP contribution in [0.1, 0.15) is 6.17 Å². The number of aldehydes is 1. The Hall–Kier alpha value is -3.33. The van der Waals surface area contributed by atoms with Crippen LogP contribution in [0.2, 0.25) is 0 Å². The molecule has 0 bridgehead atoms. The van der Waals surface area contributed by atoms with Crippen LogP contribution in [0.4, 0.5) is 15.8 Å². The second kappa shape index (κ2) is 7.35. The number of nitro groups is 1. The Labute approximate surface area is 159 Å². The van der Waals surface area contributed by atoms with Crippen LogP contribution < -0.4 is 4.90 Å². The predicted molar refractivity (Wildman–Crippen MR) is 102 cm³/mol. The second-order valence-corrected chi connectivity index (χ2v) is 6.61. The summed E-state index contributed by atoms with van der Waals surface area (Å²) in [5.41, 5.74) is 1.18. The molecule has 0 N–H and O–H groups in total. The molecule has 0 radical (unpaired) electrons. The van der Waals surface area contributed by atoms with E-state index in [0.717, 1.165) is 12.0 Å². The van der Waals surface area contributed by atoms with Crippen molar-refractivity contribution in [2.45, 2.75) is 6.17 Å². The molecular weight excluding hydrogens is 365 g/mol. The average molecular weight is 383 g/mol. The molecule has 1 fully saturated rings. The summed E-state index contributed by atoms with van der Waals surface area (Å²) in [6, 6.07) is 11.0. The number of fused-ring (bicyclic) bond motifs is 1. The number of carbonyl (C=O) groups is 1. The van der Waals surface area contributed by atoms with Gasteiger partial charge in [0.05, 0.1) is 11.1 Å². The van der Waals surface area contributed by atoms with Crippen molar-refractivity contribution in [2.24, 2.45) is 0 Å². The average Bonchev–Trinajstić information content (AvgIpc) is 3.14. The number of non-ortho nitro benzene ring substituents is 1. The molecule has 0 amide bonds. The van der Waals surface area contributed by atoms with E-state index in [1.54, 1.807) is 24.3 Å². The van der Waals surface area contributed by atoms with Gasteiger partial charge in [-0.25, -0.2) is 9.07 Å². The number of nitrogens with zero attached hydrogens (tertiary/aromatic N) is 5. The number of nitro benzene ring substituents is 1. The van der Waals surface area contributed by atoms with Crippen LogP contribution in [0.25, 0.3) is 10.9 Å². The molecule has 1 aliphatic rings. The van der Waals surface area contributed by atoms with Crippen molar-refractivity contribution in [2.75, 3.05) is 31.1 Å². The van der Waals surface area contributed by atoms with Crippen LogP contribution >= 0.6 is 0 Å². The zero-order chi connectivity index (χ0) is 19.7. The van der Waals surface area contributed by atoms with Crippen LogP contribution in [-0.2, 0) is 4.79 Å². The van der Waals surface area contributed by atoms with E-state index < -0.39 is 11.1 Å². The Bertz CT molecular complexity index is 1010. The lowest BCUT2D eigenvalue weighted by Crippen LogP contribution is -2.49. The number of para-hydroxylation sites is 1. The maximum absolute atomic E-state index is 13.1. The molecule has 1 unspecified atom stereocenters. The van der Waals surface area contributed by atoms with Crippen LogP contribution in [-0.4, -0.2) is 52.1 Å². The molecule has 4 rings (SSSR count). The maximum atomic E-state index is 13.1. The molecule has 3 aromatic rings. The van der Waals surface area contributed by atoms with E-state index in [1.807, 2.05) is 4.90 Å². The van der Waals surface area contributed by atoms with Gasteiger partial charge >= 0.3 is 0 Å². The zero-order valence-corrected chi connectivity index (χ0v) is 14.9. The van der Waals surface area contributed by atoms with E-state index >= 15 is 0 Å². The fourth-order valence-corrected chi connectivity index (χ4v) is 3.63. The molecule has 1 aromatic heterocycles. The third-order valence-electron chi connectivity index (χ3n) is 5.05. The van der Waals surface area contributed by atoms with E-state index in [1.165, 1.54) is 29.1 Å². The van der Waals surface area contributed by atoms with Crippen molar-refractivity contribution in [3.63, 3.8) is 0 Å². The highest BCUT2D eigenvalue weighted by Crippen LogP contribution is 2.29. The second-order valence-electron chi connectivity index (χ2n) is 6.61. The van der Waals surface area contributed by atoms with E-state index in [4.69, 9.17) is 0 Å². The smallest absolute Gasteiger partial charge is 0.295 e. The van der Waals surface area contributed by atoms with Gasteiger partial charge in [0.2, 0.25) is 0 Å². The summed E-state index contributed by atoms with van der Waals surface area (Å²) in [6.45, 7) is 2.44. The van der Waals surface area contributed by atoms with Gasteiger partial charge in [-0.2, -0.15) is 5.10 Å². The van der Waals surface area contributed by atoms with Gasteiger partial charge in [-0.15, -0.1) is 0 Å². The Morgan fingerprint density at radius 3 is 2.46 bits per heavy atom. The molecule has 0 aliphatic carbocycles. The van der Waals surface area contributed by atoms with Gasteiger partial charge in [0.1, 0.15) is 11.3 Å². The summed E-state index contributed by atoms with van der Waals surface area (Å²) in [5.74, 6) is -0.282. The number of anilines is 1. The summed E-state index contributed by atoms with van der Waals surface area (Å²) in [6.07, 6.45) is 1.57. The molecule has 0 spiro atoms. The Morgan fingerprint density at radius 1 is 1.11 bits per heavy atom. The molecule has 2 aromatic carbocycles. The van der Waals surface area contributed by atoms with Crippen molar-refractivity contribution < 1.29 is 14.1 Å². The van der Waals surface area contributed by atoms with Crippen molar-refractivity contribution >= 4 is 28.6 Å². The van der Waals surface area contributed by atoms with Gasteiger partial charge < -0.3 is 4.90 Å². The molecular formula is C19H18FN5O3. The van der Waals surface area contributed by atoms with E-state index in [9.17, 15) is 19.3 Å². The predicted octanol–water partition coefficient (Wildman–Crippen LogP) is 2.60. The third kappa shape index (κ3) is 3.20. The Kier molecular flexibility index (Phi) is 4.74. The molecule has 9 heteroatoms. The molecule has 8 nitrogen and oxygen atoms in total. The number of halogens is 1. The van der Waals surface area contributed by atoms with Gasteiger partial charge in [0, 0.05) is 43.3 Å². The van der Waals surface area contributed by atoms with Crippen molar-refractivity contribution in [1.29, 1.82) is 0 Å². The first-order valence-electron chi connectivity index (χ1n) is 8.89. The summed E-state index contributed by atoms with van der Waals surface area (Å²) in [4.78, 5) is 26.9. The van der Waals surface area contributed by atoms with Crippen molar-refractivity contribution in [3.8, 4) is 0 Å². The van der Waals surface area contributed by atoms with Gasteiger partial charge in [0.15, 0.2) is 12.5 Å². The van der Waals surface area contributed by atoms with E-state index in [-0.39, 0.29) is 11.5 Å². The van der Waals surface area contributed by atoms with Gasteiger partial charge in [0.25, 0.3) is 5.69 Å². The lowest BCUT2D eigenvalue weighted by atomic mass is 10.2. The molecule has 28 heavy (non-hydrogen) atoms. The number of piperazine rings is 1. The summed E-state index contributed by atoms with van der Waals surface area (Å²) in [5, 5.41) is 16.3. The standard InChI is InChI=1S/C19H18FN5O3/c20-15-4-6-16(7-5-15)22-8-10-23(11-9-22)18(13-26)24-19-14(12-21-24)2-1-3-17(19)25(27)28/h1-7,12-13,18H,8-11H2. The molecule has 1 atom stereocenters. The Morgan fingerprint density at radius 2 is 1.82 bits per heavy atom. The third-order valence-corrected chi connectivity index (χ3v) is 5.05. The minimum atomic E-state index is -0.728. The van der Waals surface area contributed by atoms with E-state index in [0.29, 0.717) is 37.1 Å². The highest BCUT2D eigenvalue weighted by Gasteiger charge is 2.28. The lowest BCUT2D eigenvalue weighted by Gasteiger charge is -2.38. The first kappa shape index (κ1) is 18.1. The molecule has 2 heterocycles. The number of hydrogen-bond donors (Lipinski definition) is 0. The minimum absolute atomic E-state index is 0.0770. The van der Waals surface area contributed by atoms with Crippen LogP contribution in [0.3, 0.4) is 0 Å². The number of benzene rings is 2. The number of aromatic nitrogens is 2. The largest absolute Gasteiger partial charge is 0.369 e. The van der Waals surface area contributed by atoms with Crippen LogP contribution in [0, 0.1) is 15.9 Å². The van der Waals surface area contributed by atoms with Crippen LogP contribution in [0.5, 0.6) is 0 Å². The van der Waals surface area contributed by atoms with Gasteiger partial charge in [-0.05, 0) is 24.3 Å². The zero-order valence-electron chi connectivity index (χ0n) is 14.9. The Balaban J connectivity index is 1.58. The summed E-state index contributed by atoms with van der Waals surface area (Å²) < 4.78 is 14.5. The quantitative estimate of drug-likeness (QED) is 0.383. The highest BCUT2D eigenvalue weighted by molar-refractivity contribution is 5.88. The fraction of sp³-hybridized carbons (Fsp3) is 0.263. The topological polar surface area (TPSA) is 84.5 Å². The SMILES string of the molecule is O=CC(N1CCN(c2ccc(F)cc2)CC1)n1ncc2cccc([N+](=O)[O-])c21. The lowest BCUT2D eigenvalue weighted by molar-refractivity contribution is -0.383. The van der Waals surface area contributed by atoms with E-state index in [2.05, 4.69) is 10.00 Å².